The molecule has 0 aliphatic carbocycles. The molecule has 2 nitrogen and oxygen atoms in total. The predicted molar refractivity (Wildman–Crippen MR) is 75.3 cm³/mol. The van der Waals surface area contributed by atoms with Crippen molar-refractivity contribution >= 4 is 17.7 Å². The van der Waals surface area contributed by atoms with Crippen molar-refractivity contribution in [1.29, 1.82) is 0 Å². The molecule has 2 heteroatoms. The molecule has 0 aliphatic heterocycles. The van der Waals surface area contributed by atoms with Crippen molar-refractivity contribution in [2.75, 3.05) is 5.32 Å². The lowest BCUT2D eigenvalue weighted by Gasteiger charge is -2.00. The highest BCUT2D eigenvalue weighted by molar-refractivity contribution is 6.01. The molecule has 1 N–H and O–H groups in total. The van der Waals surface area contributed by atoms with Crippen molar-refractivity contribution in [3.63, 3.8) is 0 Å². The molecule has 0 radical (unpaired) electrons. The van der Waals surface area contributed by atoms with E-state index in [1.54, 1.807) is 6.08 Å². The van der Waals surface area contributed by atoms with Gasteiger partial charge in [0.15, 0.2) is 0 Å². The van der Waals surface area contributed by atoms with Crippen LogP contribution in [-0.4, -0.2) is 5.91 Å². The van der Waals surface area contributed by atoms with Crippen molar-refractivity contribution in [3.8, 4) is 0 Å². The lowest BCUT2D eigenvalue weighted by molar-refractivity contribution is -0.111. The highest BCUT2D eigenvalue weighted by Crippen LogP contribution is 2.07. The zero-order valence-electron chi connectivity index (χ0n) is 10.3. The smallest absolute Gasteiger partial charge is 0.248 e. The maximum atomic E-state index is 11.7. The highest BCUT2D eigenvalue weighted by Gasteiger charge is 1.96. The number of hydrogen-bond acceptors (Lipinski definition) is 1. The molecule has 90 valence electrons. The fourth-order valence-corrected chi connectivity index (χ4v) is 1.55. The standard InChI is InChI=1S/C16H15NO/c1-13-7-9-14(10-8-13)11-12-16(18)17-15-5-3-2-4-6-15/h2-12H,1H3,(H,17,18)/b12-11-. The molecule has 0 fully saturated rings. The fraction of sp³-hybridized carbons (Fsp3) is 0.0625. The minimum atomic E-state index is -0.123. The topological polar surface area (TPSA) is 29.1 Å². The number of para-hydroxylation sites is 1. The Kier molecular flexibility index (Phi) is 3.92. The summed E-state index contributed by atoms with van der Waals surface area (Å²) < 4.78 is 0. The van der Waals surface area contributed by atoms with Crippen LogP contribution >= 0.6 is 0 Å². The van der Waals surface area contributed by atoms with Crippen LogP contribution in [0, 0.1) is 6.92 Å². The molecule has 0 atom stereocenters. The number of nitrogens with one attached hydrogen (secondary N) is 1. The fourth-order valence-electron chi connectivity index (χ4n) is 1.55. The average Bonchev–Trinajstić information content (AvgIpc) is 2.39. The summed E-state index contributed by atoms with van der Waals surface area (Å²) in [4.78, 5) is 11.7. The minimum Gasteiger partial charge on any atom is -0.323 e. The zero-order chi connectivity index (χ0) is 12.8. The van der Waals surface area contributed by atoms with E-state index in [0.29, 0.717) is 0 Å². The van der Waals surface area contributed by atoms with Gasteiger partial charge < -0.3 is 5.32 Å². The Hall–Kier alpha value is -2.35. The van der Waals surface area contributed by atoms with E-state index in [1.165, 1.54) is 11.6 Å². The maximum absolute atomic E-state index is 11.7. The van der Waals surface area contributed by atoms with Gasteiger partial charge in [0, 0.05) is 11.8 Å². The molecule has 0 spiro atoms. The van der Waals surface area contributed by atoms with Crippen LogP contribution in [0.4, 0.5) is 5.69 Å². The number of carbonyl (C=O) groups excluding carboxylic acids is 1. The molecule has 0 aliphatic rings. The summed E-state index contributed by atoms with van der Waals surface area (Å²) in [5.41, 5.74) is 3.03. The van der Waals surface area contributed by atoms with Crippen molar-refractivity contribution in [3.05, 3.63) is 71.8 Å². The van der Waals surface area contributed by atoms with Crippen LogP contribution in [0.3, 0.4) is 0 Å². The molecular formula is C16H15NO. The molecule has 0 heterocycles. The van der Waals surface area contributed by atoms with Gasteiger partial charge in [-0.2, -0.15) is 0 Å². The van der Waals surface area contributed by atoms with Crippen LogP contribution in [0.5, 0.6) is 0 Å². The van der Waals surface area contributed by atoms with Crippen LogP contribution < -0.4 is 5.32 Å². The van der Waals surface area contributed by atoms with Crippen molar-refractivity contribution < 1.29 is 4.79 Å². The largest absolute Gasteiger partial charge is 0.323 e. The van der Waals surface area contributed by atoms with Gasteiger partial charge in [-0.1, -0.05) is 48.0 Å². The Morgan fingerprint density at radius 3 is 2.33 bits per heavy atom. The van der Waals surface area contributed by atoms with Gasteiger partial charge in [-0.15, -0.1) is 0 Å². The third-order valence-corrected chi connectivity index (χ3v) is 2.55. The van der Waals surface area contributed by atoms with E-state index in [4.69, 9.17) is 0 Å². The summed E-state index contributed by atoms with van der Waals surface area (Å²) in [7, 11) is 0. The second-order valence-corrected chi connectivity index (χ2v) is 4.10. The summed E-state index contributed by atoms with van der Waals surface area (Å²) in [6.45, 7) is 2.04. The molecule has 2 aromatic carbocycles. The zero-order valence-corrected chi connectivity index (χ0v) is 10.3. The second kappa shape index (κ2) is 5.82. The lowest BCUT2D eigenvalue weighted by Crippen LogP contribution is -2.07. The molecule has 0 unspecified atom stereocenters. The van der Waals surface area contributed by atoms with Crippen LogP contribution in [0.2, 0.25) is 0 Å². The van der Waals surface area contributed by atoms with Gasteiger partial charge in [0.2, 0.25) is 5.91 Å². The normalized spacial score (nSPS) is 10.5. The summed E-state index contributed by atoms with van der Waals surface area (Å²) >= 11 is 0. The van der Waals surface area contributed by atoms with Crippen molar-refractivity contribution in [2.24, 2.45) is 0 Å². The molecule has 18 heavy (non-hydrogen) atoms. The first-order valence-electron chi connectivity index (χ1n) is 5.85. The van der Waals surface area contributed by atoms with Gasteiger partial charge in [0.05, 0.1) is 0 Å². The number of aryl methyl sites for hydroxylation is 1. The van der Waals surface area contributed by atoms with E-state index in [0.717, 1.165) is 11.3 Å². The molecule has 0 saturated heterocycles. The first kappa shape index (κ1) is 12.1. The van der Waals surface area contributed by atoms with Gasteiger partial charge in [0.25, 0.3) is 0 Å². The van der Waals surface area contributed by atoms with E-state index >= 15 is 0 Å². The third-order valence-electron chi connectivity index (χ3n) is 2.55. The highest BCUT2D eigenvalue weighted by atomic mass is 16.1. The first-order chi connectivity index (χ1) is 8.74. The SMILES string of the molecule is Cc1ccc(/C=C\C(=O)Nc2ccccc2)cc1. The van der Waals surface area contributed by atoms with Gasteiger partial charge >= 0.3 is 0 Å². The predicted octanol–water partition coefficient (Wildman–Crippen LogP) is 3.65. The third kappa shape index (κ3) is 3.59. The van der Waals surface area contributed by atoms with E-state index < -0.39 is 0 Å². The van der Waals surface area contributed by atoms with E-state index in [2.05, 4.69) is 5.32 Å². The maximum Gasteiger partial charge on any atom is 0.248 e. The molecular weight excluding hydrogens is 222 g/mol. The monoisotopic (exact) mass is 237 g/mol. The van der Waals surface area contributed by atoms with Gasteiger partial charge in [-0.25, -0.2) is 0 Å². The summed E-state index contributed by atoms with van der Waals surface area (Å²) in [5.74, 6) is -0.123. The summed E-state index contributed by atoms with van der Waals surface area (Å²) in [5, 5.41) is 2.80. The number of hydrogen-bond donors (Lipinski definition) is 1. The molecule has 1 amide bonds. The van der Waals surface area contributed by atoms with Gasteiger partial charge in [-0.05, 0) is 30.7 Å². The quantitative estimate of drug-likeness (QED) is 0.811. The van der Waals surface area contributed by atoms with Crippen LogP contribution in [0.1, 0.15) is 11.1 Å². The Morgan fingerprint density at radius 2 is 1.67 bits per heavy atom. The number of amides is 1. The van der Waals surface area contributed by atoms with E-state index in [9.17, 15) is 4.79 Å². The number of benzene rings is 2. The average molecular weight is 237 g/mol. The van der Waals surface area contributed by atoms with Crippen LogP contribution in [-0.2, 0) is 4.79 Å². The van der Waals surface area contributed by atoms with Crippen LogP contribution in [0.25, 0.3) is 6.08 Å². The molecule has 0 bridgehead atoms. The second-order valence-electron chi connectivity index (χ2n) is 4.10. The number of carbonyl (C=O) groups is 1. The molecule has 0 aromatic heterocycles. The minimum absolute atomic E-state index is 0.123. The molecule has 2 rings (SSSR count). The van der Waals surface area contributed by atoms with Gasteiger partial charge in [0.1, 0.15) is 0 Å². The summed E-state index contributed by atoms with van der Waals surface area (Å²) in [6.07, 6.45) is 3.34. The first-order valence-corrected chi connectivity index (χ1v) is 5.85. The Bertz CT molecular complexity index is 541. The number of anilines is 1. The van der Waals surface area contributed by atoms with E-state index in [1.807, 2.05) is 61.5 Å². The van der Waals surface area contributed by atoms with Crippen molar-refractivity contribution in [1.82, 2.24) is 0 Å². The Morgan fingerprint density at radius 1 is 1.00 bits per heavy atom. The van der Waals surface area contributed by atoms with Crippen LogP contribution in [0.15, 0.2) is 60.7 Å². The number of rotatable bonds is 3. The van der Waals surface area contributed by atoms with Gasteiger partial charge in [-0.3, -0.25) is 4.79 Å². The molecule has 0 saturated carbocycles. The Labute approximate surface area is 107 Å². The van der Waals surface area contributed by atoms with E-state index in [-0.39, 0.29) is 5.91 Å². The van der Waals surface area contributed by atoms with Crippen molar-refractivity contribution in [2.45, 2.75) is 6.92 Å². The Balaban J connectivity index is 1.97. The molecule has 2 aromatic rings. The lowest BCUT2D eigenvalue weighted by atomic mass is 10.1. The summed E-state index contributed by atoms with van der Waals surface area (Å²) in [6, 6.07) is 17.4.